The van der Waals surface area contributed by atoms with E-state index in [0.717, 1.165) is 48.4 Å². The molecule has 5 nitrogen and oxygen atoms in total. The Hall–Kier alpha value is -2.66. The van der Waals surface area contributed by atoms with Crippen LogP contribution < -0.4 is 5.32 Å². The van der Waals surface area contributed by atoms with Crippen LogP contribution in [0.2, 0.25) is 0 Å². The Bertz CT molecular complexity index is 1010. The van der Waals surface area contributed by atoms with Gasteiger partial charge in [0.25, 0.3) is 5.91 Å². The SMILES string of the molecule is Cc1cc(C)cc(Nc2c(C(=O)N3CCCC3)cnc3nc(C)ccc23)c1.Cl. The summed E-state index contributed by atoms with van der Waals surface area (Å²) in [7, 11) is 0. The number of aromatic nitrogens is 2. The van der Waals surface area contributed by atoms with Gasteiger partial charge >= 0.3 is 0 Å². The van der Waals surface area contributed by atoms with Crippen molar-refractivity contribution in [3.05, 3.63) is 58.9 Å². The average molecular weight is 397 g/mol. The number of rotatable bonds is 3. The highest BCUT2D eigenvalue weighted by atomic mass is 35.5. The normalized spacial score (nSPS) is 13.5. The van der Waals surface area contributed by atoms with Crippen LogP contribution >= 0.6 is 12.4 Å². The van der Waals surface area contributed by atoms with Crippen LogP contribution in [0, 0.1) is 20.8 Å². The first-order chi connectivity index (χ1) is 13.0. The first-order valence-electron chi connectivity index (χ1n) is 9.42. The number of amides is 1. The van der Waals surface area contributed by atoms with Crippen LogP contribution in [0.4, 0.5) is 11.4 Å². The fourth-order valence-corrected chi connectivity index (χ4v) is 3.75. The third kappa shape index (κ3) is 3.94. The predicted molar refractivity (Wildman–Crippen MR) is 116 cm³/mol. The highest BCUT2D eigenvalue weighted by Crippen LogP contribution is 2.31. The number of anilines is 2. The lowest BCUT2D eigenvalue weighted by molar-refractivity contribution is 0.0793. The summed E-state index contributed by atoms with van der Waals surface area (Å²) in [6, 6.07) is 10.3. The summed E-state index contributed by atoms with van der Waals surface area (Å²) >= 11 is 0. The molecule has 1 fully saturated rings. The number of fused-ring (bicyclic) bond motifs is 1. The molecule has 0 bridgehead atoms. The molecule has 0 spiro atoms. The van der Waals surface area contributed by atoms with Crippen molar-refractivity contribution in [2.24, 2.45) is 0 Å². The molecule has 146 valence electrons. The number of nitrogens with zero attached hydrogens (tertiary/aromatic N) is 3. The van der Waals surface area contributed by atoms with Gasteiger partial charge in [-0.05, 0) is 69.0 Å². The van der Waals surface area contributed by atoms with Crippen molar-refractivity contribution in [2.75, 3.05) is 18.4 Å². The summed E-state index contributed by atoms with van der Waals surface area (Å²) in [5.41, 5.74) is 6.28. The topological polar surface area (TPSA) is 58.1 Å². The molecule has 1 aromatic carbocycles. The predicted octanol–water partition coefficient (Wildman–Crippen LogP) is 4.96. The average Bonchev–Trinajstić information content (AvgIpc) is 3.15. The molecule has 1 N–H and O–H groups in total. The van der Waals surface area contributed by atoms with E-state index in [1.54, 1.807) is 6.20 Å². The maximum absolute atomic E-state index is 13.1. The minimum absolute atomic E-state index is 0. The zero-order valence-electron chi connectivity index (χ0n) is 16.5. The van der Waals surface area contributed by atoms with Gasteiger partial charge in [-0.3, -0.25) is 4.79 Å². The first kappa shape index (κ1) is 20.1. The number of benzene rings is 1. The third-order valence-electron chi connectivity index (χ3n) is 4.98. The number of halogens is 1. The van der Waals surface area contributed by atoms with Crippen LogP contribution in [0.5, 0.6) is 0 Å². The van der Waals surface area contributed by atoms with Gasteiger partial charge in [-0.1, -0.05) is 6.07 Å². The lowest BCUT2D eigenvalue weighted by Gasteiger charge is -2.19. The quantitative estimate of drug-likeness (QED) is 0.680. The Kier molecular flexibility index (Phi) is 5.84. The second kappa shape index (κ2) is 8.15. The first-order valence-corrected chi connectivity index (χ1v) is 9.42. The van der Waals surface area contributed by atoms with Crippen LogP contribution in [-0.4, -0.2) is 33.9 Å². The van der Waals surface area contributed by atoms with Crippen molar-refractivity contribution in [3.8, 4) is 0 Å². The van der Waals surface area contributed by atoms with E-state index in [1.165, 1.54) is 11.1 Å². The van der Waals surface area contributed by atoms with E-state index in [0.29, 0.717) is 11.2 Å². The van der Waals surface area contributed by atoms with E-state index in [1.807, 2.05) is 24.0 Å². The van der Waals surface area contributed by atoms with Crippen molar-refractivity contribution < 1.29 is 4.79 Å². The monoisotopic (exact) mass is 396 g/mol. The number of hydrogen-bond donors (Lipinski definition) is 1. The maximum Gasteiger partial charge on any atom is 0.257 e. The standard InChI is InChI=1S/C22H24N4O.ClH/c1-14-10-15(2)12-17(11-14)25-20-18-7-6-16(3)24-21(18)23-13-19(20)22(27)26-8-4-5-9-26;/h6-7,10-13H,4-5,8-9H2,1-3H3,(H,23,24,25);1H. The molecule has 1 aliphatic heterocycles. The number of carbonyl (C=O) groups excluding carboxylic acids is 1. The third-order valence-corrected chi connectivity index (χ3v) is 4.98. The zero-order valence-corrected chi connectivity index (χ0v) is 17.3. The number of hydrogen-bond acceptors (Lipinski definition) is 4. The Morgan fingerprint density at radius 1 is 1.04 bits per heavy atom. The van der Waals surface area contributed by atoms with Gasteiger partial charge in [0, 0.05) is 36.1 Å². The van der Waals surface area contributed by atoms with Crippen molar-refractivity contribution >= 4 is 40.7 Å². The van der Waals surface area contributed by atoms with Crippen LogP contribution in [-0.2, 0) is 0 Å². The summed E-state index contributed by atoms with van der Waals surface area (Å²) in [6.45, 7) is 7.72. The molecule has 0 aliphatic carbocycles. The highest BCUT2D eigenvalue weighted by Gasteiger charge is 2.24. The van der Waals surface area contributed by atoms with Crippen LogP contribution in [0.25, 0.3) is 11.0 Å². The van der Waals surface area contributed by atoms with E-state index in [-0.39, 0.29) is 18.3 Å². The van der Waals surface area contributed by atoms with Gasteiger partial charge in [-0.2, -0.15) is 0 Å². The largest absolute Gasteiger partial charge is 0.354 e. The minimum atomic E-state index is 0. The van der Waals surface area contributed by atoms with E-state index in [4.69, 9.17) is 0 Å². The maximum atomic E-state index is 13.1. The van der Waals surface area contributed by atoms with Gasteiger partial charge < -0.3 is 10.2 Å². The Balaban J connectivity index is 0.00000225. The molecule has 2 aromatic heterocycles. The fraction of sp³-hybridized carbons (Fsp3) is 0.318. The molecule has 1 amide bonds. The van der Waals surface area contributed by atoms with Crippen molar-refractivity contribution in [1.82, 2.24) is 14.9 Å². The summed E-state index contributed by atoms with van der Waals surface area (Å²) in [5.74, 6) is 0.0364. The van der Waals surface area contributed by atoms with E-state index in [9.17, 15) is 4.79 Å². The molecule has 0 saturated carbocycles. The van der Waals surface area contributed by atoms with Crippen LogP contribution in [0.1, 0.15) is 40.0 Å². The molecular formula is C22H25ClN4O. The smallest absolute Gasteiger partial charge is 0.257 e. The second-order valence-electron chi connectivity index (χ2n) is 7.37. The van der Waals surface area contributed by atoms with Gasteiger partial charge in [-0.15, -0.1) is 12.4 Å². The molecule has 3 aromatic rings. The second-order valence-corrected chi connectivity index (χ2v) is 7.37. The molecule has 0 unspecified atom stereocenters. The van der Waals surface area contributed by atoms with Crippen molar-refractivity contribution in [1.29, 1.82) is 0 Å². The minimum Gasteiger partial charge on any atom is -0.354 e. The van der Waals surface area contributed by atoms with Crippen molar-refractivity contribution in [3.63, 3.8) is 0 Å². The molecule has 0 atom stereocenters. The van der Waals surface area contributed by atoms with Gasteiger partial charge in [-0.25, -0.2) is 9.97 Å². The fourth-order valence-electron chi connectivity index (χ4n) is 3.75. The molecule has 1 saturated heterocycles. The van der Waals surface area contributed by atoms with Gasteiger partial charge in [0.2, 0.25) is 0 Å². The van der Waals surface area contributed by atoms with Crippen LogP contribution in [0.15, 0.2) is 36.5 Å². The summed E-state index contributed by atoms with van der Waals surface area (Å²) < 4.78 is 0. The number of likely N-dealkylation sites (tertiary alicyclic amines) is 1. The number of nitrogens with one attached hydrogen (secondary N) is 1. The summed E-state index contributed by atoms with van der Waals surface area (Å²) in [6.07, 6.45) is 3.79. The Morgan fingerprint density at radius 2 is 1.71 bits per heavy atom. The Morgan fingerprint density at radius 3 is 2.39 bits per heavy atom. The molecule has 6 heteroatoms. The molecule has 0 radical (unpaired) electrons. The number of pyridine rings is 2. The number of aryl methyl sites for hydroxylation is 3. The van der Waals surface area contributed by atoms with E-state index >= 15 is 0 Å². The summed E-state index contributed by atoms with van der Waals surface area (Å²) in [4.78, 5) is 24.1. The zero-order chi connectivity index (χ0) is 19.0. The van der Waals surface area contributed by atoms with Crippen molar-refractivity contribution in [2.45, 2.75) is 33.6 Å². The van der Waals surface area contributed by atoms with Crippen LogP contribution in [0.3, 0.4) is 0 Å². The molecule has 4 rings (SSSR count). The highest BCUT2D eigenvalue weighted by molar-refractivity contribution is 6.07. The van der Waals surface area contributed by atoms with Gasteiger partial charge in [0.05, 0.1) is 11.3 Å². The Labute approximate surface area is 171 Å². The molecule has 3 heterocycles. The molecule has 28 heavy (non-hydrogen) atoms. The number of carbonyl (C=O) groups is 1. The van der Waals surface area contributed by atoms with Gasteiger partial charge in [0.15, 0.2) is 5.65 Å². The lowest BCUT2D eigenvalue weighted by Crippen LogP contribution is -2.28. The van der Waals surface area contributed by atoms with E-state index < -0.39 is 0 Å². The summed E-state index contributed by atoms with van der Waals surface area (Å²) in [5, 5.41) is 4.36. The molecule has 1 aliphatic rings. The lowest BCUT2D eigenvalue weighted by atomic mass is 10.1. The molecular weight excluding hydrogens is 372 g/mol. The van der Waals surface area contributed by atoms with E-state index in [2.05, 4.69) is 47.3 Å². The van der Waals surface area contributed by atoms with Gasteiger partial charge in [0.1, 0.15) is 0 Å².